The van der Waals surface area contributed by atoms with E-state index in [9.17, 15) is 0 Å². The molecule has 0 saturated carbocycles. The summed E-state index contributed by atoms with van der Waals surface area (Å²) >= 11 is 3.55. The summed E-state index contributed by atoms with van der Waals surface area (Å²) in [6.07, 6.45) is 2.49. The Morgan fingerprint density at radius 1 is 1.00 bits per heavy atom. The Hall–Kier alpha value is -0.340. The van der Waals surface area contributed by atoms with E-state index in [1.165, 1.54) is 18.4 Å². The van der Waals surface area contributed by atoms with Crippen molar-refractivity contribution in [3.8, 4) is 0 Å². The molecule has 19 heavy (non-hydrogen) atoms. The summed E-state index contributed by atoms with van der Waals surface area (Å²) in [6.45, 7) is 11.5. The number of benzene rings is 1. The Morgan fingerprint density at radius 3 is 2.05 bits per heavy atom. The van der Waals surface area contributed by atoms with Crippen LogP contribution >= 0.6 is 15.9 Å². The van der Waals surface area contributed by atoms with Crippen molar-refractivity contribution in [1.82, 2.24) is 5.32 Å². The first-order valence-electron chi connectivity index (χ1n) is 7.40. The molecule has 2 heteroatoms. The molecule has 1 aromatic carbocycles. The molecule has 0 unspecified atom stereocenters. The highest BCUT2D eigenvalue weighted by Gasteiger charge is 2.16. The Balaban J connectivity index is 2.66. The summed E-state index contributed by atoms with van der Waals surface area (Å²) in [5.74, 6) is 1.48. The van der Waals surface area contributed by atoms with Gasteiger partial charge in [-0.1, -0.05) is 55.8 Å². The van der Waals surface area contributed by atoms with Crippen molar-refractivity contribution in [2.45, 2.75) is 59.5 Å². The molecule has 0 fully saturated rings. The molecule has 1 atom stereocenters. The summed E-state index contributed by atoms with van der Waals surface area (Å²) in [5, 5.41) is 3.80. The van der Waals surface area contributed by atoms with E-state index in [1.54, 1.807) is 0 Å². The van der Waals surface area contributed by atoms with Crippen LogP contribution in [0.5, 0.6) is 0 Å². The molecule has 0 bridgehead atoms. The summed E-state index contributed by atoms with van der Waals surface area (Å²) in [7, 11) is 0. The topological polar surface area (TPSA) is 12.0 Å². The van der Waals surface area contributed by atoms with E-state index in [0.29, 0.717) is 12.1 Å². The molecule has 1 aromatic rings. The van der Waals surface area contributed by atoms with Crippen LogP contribution in [0.4, 0.5) is 0 Å². The highest BCUT2D eigenvalue weighted by molar-refractivity contribution is 9.10. The van der Waals surface area contributed by atoms with Gasteiger partial charge >= 0.3 is 0 Å². The van der Waals surface area contributed by atoms with E-state index in [-0.39, 0.29) is 0 Å². The van der Waals surface area contributed by atoms with Gasteiger partial charge in [0.05, 0.1) is 0 Å². The average molecular weight is 326 g/mol. The number of hydrogen-bond acceptors (Lipinski definition) is 1. The maximum atomic E-state index is 3.80. The largest absolute Gasteiger partial charge is 0.307 e. The summed E-state index contributed by atoms with van der Waals surface area (Å²) in [4.78, 5) is 0. The maximum Gasteiger partial charge on any atom is 0.0294 e. The fourth-order valence-electron chi connectivity index (χ4n) is 2.60. The summed E-state index contributed by atoms with van der Waals surface area (Å²) in [5.41, 5.74) is 1.35. The van der Waals surface area contributed by atoms with Crippen LogP contribution < -0.4 is 5.32 Å². The molecule has 108 valence electrons. The second kappa shape index (κ2) is 8.06. The summed E-state index contributed by atoms with van der Waals surface area (Å²) < 4.78 is 1.16. The smallest absolute Gasteiger partial charge is 0.0294 e. The zero-order valence-electron chi connectivity index (χ0n) is 12.9. The van der Waals surface area contributed by atoms with Gasteiger partial charge in [-0.3, -0.25) is 0 Å². The van der Waals surface area contributed by atoms with E-state index < -0.39 is 0 Å². The Labute approximate surface area is 127 Å². The van der Waals surface area contributed by atoms with Crippen LogP contribution in [-0.4, -0.2) is 6.04 Å². The molecule has 0 heterocycles. The van der Waals surface area contributed by atoms with E-state index in [0.717, 1.165) is 16.3 Å². The van der Waals surface area contributed by atoms with Crippen LogP contribution in [-0.2, 0) is 0 Å². The highest BCUT2D eigenvalue weighted by Crippen LogP contribution is 2.21. The molecule has 0 aromatic heterocycles. The molecule has 0 spiro atoms. The molecule has 0 aliphatic carbocycles. The predicted octanol–water partition coefficient (Wildman–Crippen LogP) is 5.56. The lowest BCUT2D eigenvalue weighted by molar-refractivity contribution is 0.335. The fraction of sp³-hybridized carbons (Fsp3) is 0.647. The van der Waals surface area contributed by atoms with E-state index in [1.807, 2.05) is 0 Å². The second-order valence-electron chi connectivity index (χ2n) is 6.40. The minimum Gasteiger partial charge on any atom is -0.307 e. The lowest BCUT2D eigenvalue weighted by Crippen LogP contribution is -2.34. The van der Waals surface area contributed by atoms with Gasteiger partial charge in [0.25, 0.3) is 0 Å². The molecule has 1 N–H and O–H groups in total. The van der Waals surface area contributed by atoms with Crippen molar-refractivity contribution in [2.75, 3.05) is 0 Å². The fourth-order valence-corrected chi connectivity index (χ4v) is 3.01. The minimum atomic E-state index is 0.403. The van der Waals surface area contributed by atoms with Crippen LogP contribution in [0.15, 0.2) is 28.7 Å². The van der Waals surface area contributed by atoms with Gasteiger partial charge < -0.3 is 5.32 Å². The predicted molar refractivity (Wildman–Crippen MR) is 88.4 cm³/mol. The van der Waals surface area contributed by atoms with E-state index in [2.05, 4.69) is 80.1 Å². The Kier molecular flexibility index (Phi) is 7.09. The molecule has 0 radical (unpaired) electrons. The van der Waals surface area contributed by atoms with E-state index >= 15 is 0 Å². The lowest BCUT2D eigenvalue weighted by atomic mass is 9.94. The van der Waals surface area contributed by atoms with Crippen molar-refractivity contribution in [1.29, 1.82) is 0 Å². The van der Waals surface area contributed by atoms with Gasteiger partial charge in [-0.25, -0.2) is 0 Å². The zero-order chi connectivity index (χ0) is 14.4. The summed E-state index contributed by atoms with van der Waals surface area (Å²) in [6, 6.07) is 9.60. The van der Waals surface area contributed by atoms with Crippen LogP contribution in [0.1, 0.15) is 59.1 Å². The van der Waals surface area contributed by atoms with E-state index in [4.69, 9.17) is 0 Å². The van der Waals surface area contributed by atoms with Crippen molar-refractivity contribution < 1.29 is 0 Å². The quantitative estimate of drug-likeness (QED) is 0.691. The first-order chi connectivity index (χ1) is 8.88. The van der Waals surface area contributed by atoms with Gasteiger partial charge in [0.15, 0.2) is 0 Å². The Bertz CT molecular complexity index is 363. The molecule has 1 nitrogen and oxygen atoms in total. The average Bonchev–Trinajstić information content (AvgIpc) is 2.26. The third-order valence-electron chi connectivity index (χ3n) is 3.35. The third-order valence-corrected chi connectivity index (χ3v) is 3.84. The molecule has 0 amide bonds. The van der Waals surface area contributed by atoms with Crippen LogP contribution in [0.25, 0.3) is 0 Å². The van der Waals surface area contributed by atoms with Crippen molar-refractivity contribution >= 4 is 15.9 Å². The van der Waals surface area contributed by atoms with Crippen molar-refractivity contribution in [2.24, 2.45) is 11.8 Å². The molecule has 0 aliphatic heterocycles. The lowest BCUT2D eigenvalue weighted by Gasteiger charge is -2.26. The molecule has 0 aliphatic rings. The molecule has 0 saturated heterocycles. The number of nitrogens with one attached hydrogen (secondary N) is 1. The van der Waals surface area contributed by atoms with Crippen molar-refractivity contribution in [3.05, 3.63) is 34.3 Å². The van der Waals surface area contributed by atoms with Gasteiger partial charge in [-0.15, -0.1) is 0 Å². The van der Waals surface area contributed by atoms with Gasteiger partial charge in [0.2, 0.25) is 0 Å². The zero-order valence-corrected chi connectivity index (χ0v) is 14.5. The monoisotopic (exact) mass is 325 g/mol. The first-order valence-corrected chi connectivity index (χ1v) is 8.19. The standard InChI is InChI=1S/C17H28BrN/c1-12(2)9-17(10-13(3)4)19-14(5)15-7-6-8-16(18)11-15/h6-8,11-14,17,19H,9-10H2,1-5H3/t14-/m1/s1. The van der Waals surface area contributed by atoms with Gasteiger partial charge in [-0.2, -0.15) is 0 Å². The van der Waals surface area contributed by atoms with Gasteiger partial charge in [-0.05, 0) is 49.3 Å². The number of halogens is 1. The molecular weight excluding hydrogens is 298 g/mol. The molecule has 1 rings (SSSR count). The van der Waals surface area contributed by atoms with Crippen LogP contribution in [0.2, 0.25) is 0 Å². The third kappa shape index (κ3) is 6.58. The SMILES string of the molecule is CC(C)CC(CC(C)C)N[C@H](C)c1cccc(Br)c1. The second-order valence-corrected chi connectivity index (χ2v) is 7.32. The van der Waals surface area contributed by atoms with Gasteiger partial charge in [0.1, 0.15) is 0 Å². The minimum absolute atomic E-state index is 0.403. The maximum absolute atomic E-state index is 3.80. The number of rotatable bonds is 7. The normalized spacial score (nSPS) is 13.5. The van der Waals surface area contributed by atoms with Crippen LogP contribution in [0, 0.1) is 11.8 Å². The number of hydrogen-bond donors (Lipinski definition) is 1. The van der Waals surface area contributed by atoms with Gasteiger partial charge in [0, 0.05) is 16.6 Å². The van der Waals surface area contributed by atoms with Crippen molar-refractivity contribution in [3.63, 3.8) is 0 Å². The Morgan fingerprint density at radius 2 is 1.58 bits per heavy atom. The highest BCUT2D eigenvalue weighted by atomic mass is 79.9. The first kappa shape index (κ1) is 16.7. The van der Waals surface area contributed by atoms with Crippen LogP contribution in [0.3, 0.4) is 0 Å². The molecular formula is C17H28BrN.